The van der Waals surface area contributed by atoms with E-state index in [1.54, 1.807) is 25.2 Å². The standard InChI is InChI=1S/C27H23F3N4O2/c1-33-25(20-6-5-16(15-31)13-21(20)17-9-11-32-12-10-17)24-22(7-8-23(24)35)34(26(33)36)19-4-2-3-18(14-19)27(28,29)30/h2-6,9,13-14,25,32H,7-8,10-12H2,1H3. The van der Waals surface area contributed by atoms with Crippen LogP contribution in [0.3, 0.4) is 0 Å². The largest absolute Gasteiger partial charge is 0.416 e. The molecule has 0 fully saturated rings. The molecule has 9 heteroatoms. The van der Waals surface area contributed by atoms with E-state index in [9.17, 15) is 28.0 Å². The first-order valence-corrected chi connectivity index (χ1v) is 11.7. The number of carbonyl (C=O) groups excluding carboxylic acids is 2. The Kier molecular flexibility index (Phi) is 5.92. The molecule has 6 nitrogen and oxygen atoms in total. The van der Waals surface area contributed by atoms with Gasteiger partial charge in [0.1, 0.15) is 0 Å². The fourth-order valence-corrected chi connectivity index (χ4v) is 5.24. The van der Waals surface area contributed by atoms with Crippen LogP contribution >= 0.6 is 0 Å². The number of hydrogen-bond donors (Lipinski definition) is 1. The molecule has 2 aromatic rings. The van der Waals surface area contributed by atoms with Crippen LogP contribution in [0.1, 0.15) is 47.6 Å². The number of likely N-dealkylation sites (N-methyl/N-ethyl adjacent to an activating group) is 1. The number of anilines is 1. The number of nitrogens with one attached hydrogen (secondary N) is 1. The Morgan fingerprint density at radius 3 is 2.58 bits per heavy atom. The van der Waals surface area contributed by atoms with E-state index in [2.05, 4.69) is 11.4 Å². The second-order valence-corrected chi connectivity index (χ2v) is 9.06. The molecule has 0 bridgehead atoms. The quantitative estimate of drug-likeness (QED) is 0.640. The second-order valence-electron chi connectivity index (χ2n) is 9.06. The van der Waals surface area contributed by atoms with E-state index in [4.69, 9.17) is 0 Å². The Bertz CT molecular complexity index is 1370. The molecular formula is C27H23F3N4O2. The third-order valence-corrected chi connectivity index (χ3v) is 6.94. The molecule has 0 radical (unpaired) electrons. The van der Waals surface area contributed by atoms with Crippen molar-refractivity contribution in [2.24, 2.45) is 0 Å². The maximum Gasteiger partial charge on any atom is 0.416 e. The molecule has 2 heterocycles. The number of nitrogens with zero attached hydrogens (tertiary/aromatic N) is 3. The Labute approximate surface area is 206 Å². The lowest BCUT2D eigenvalue weighted by atomic mass is 9.85. The molecule has 1 atom stereocenters. The van der Waals surface area contributed by atoms with Gasteiger partial charge in [0.25, 0.3) is 0 Å². The van der Waals surface area contributed by atoms with Gasteiger partial charge in [0.05, 0.1) is 28.9 Å². The summed E-state index contributed by atoms with van der Waals surface area (Å²) < 4.78 is 40.2. The Morgan fingerprint density at radius 2 is 1.89 bits per heavy atom. The number of benzene rings is 2. The van der Waals surface area contributed by atoms with Gasteiger partial charge in [-0.05, 0) is 66.4 Å². The molecule has 2 aromatic carbocycles. The third-order valence-electron chi connectivity index (χ3n) is 6.94. The van der Waals surface area contributed by atoms with Gasteiger partial charge in [0.15, 0.2) is 5.78 Å². The van der Waals surface area contributed by atoms with Crippen LogP contribution in [-0.4, -0.2) is 36.9 Å². The normalized spacial score (nSPS) is 20.4. The summed E-state index contributed by atoms with van der Waals surface area (Å²) in [6.45, 7) is 1.43. The molecule has 1 unspecified atom stereocenters. The first kappa shape index (κ1) is 23.8. The molecule has 0 aromatic heterocycles. The highest BCUT2D eigenvalue weighted by Gasteiger charge is 2.45. The molecule has 0 saturated heterocycles. The van der Waals surface area contributed by atoms with Crippen LogP contribution in [0.25, 0.3) is 5.57 Å². The van der Waals surface area contributed by atoms with Crippen LogP contribution in [-0.2, 0) is 11.0 Å². The molecule has 5 rings (SSSR count). The summed E-state index contributed by atoms with van der Waals surface area (Å²) in [6, 6.07) is 10.8. The summed E-state index contributed by atoms with van der Waals surface area (Å²) in [5, 5.41) is 12.7. The highest BCUT2D eigenvalue weighted by atomic mass is 19.4. The van der Waals surface area contributed by atoms with Crippen LogP contribution in [0.15, 0.2) is 59.8 Å². The van der Waals surface area contributed by atoms with E-state index in [0.29, 0.717) is 23.4 Å². The van der Waals surface area contributed by atoms with Gasteiger partial charge >= 0.3 is 12.2 Å². The SMILES string of the molecule is CN1C(=O)N(c2cccc(C(F)(F)F)c2)C2=C(C(=O)CC2)C1c1ccc(C#N)cc1C1=CCNCC1. The van der Waals surface area contributed by atoms with E-state index in [1.807, 2.05) is 6.08 Å². The van der Waals surface area contributed by atoms with Crippen molar-refractivity contribution >= 4 is 23.1 Å². The van der Waals surface area contributed by atoms with Gasteiger partial charge in [0, 0.05) is 31.3 Å². The third kappa shape index (κ3) is 3.97. The topological polar surface area (TPSA) is 76.4 Å². The number of nitriles is 1. The van der Waals surface area contributed by atoms with Gasteiger partial charge in [-0.2, -0.15) is 18.4 Å². The summed E-state index contributed by atoms with van der Waals surface area (Å²) in [4.78, 5) is 29.5. The minimum absolute atomic E-state index is 0.0726. The molecule has 0 saturated carbocycles. The molecule has 3 aliphatic rings. The van der Waals surface area contributed by atoms with Crippen molar-refractivity contribution in [3.05, 3.63) is 82.1 Å². The van der Waals surface area contributed by atoms with Crippen molar-refractivity contribution in [1.29, 1.82) is 5.26 Å². The smallest absolute Gasteiger partial charge is 0.316 e. The van der Waals surface area contributed by atoms with Crippen LogP contribution in [0.5, 0.6) is 0 Å². The molecular weight excluding hydrogens is 469 g/mol. The number of rotatable bonds is 3. The monoisotopic (exact) mass is 492 g/mol. The predicted octanol–water partition coefficient (Wildman–Crippen LogP) is 5.18. The minimum Gasteiger partial charge on any atom is -0.316 e. The van der Waals surface area contributed by atoms with Crippen LogP contribution in [0, 0.1) is 11.3 Å². The molecule has 184 valence electrons. The van der Waals surface area contributed by atoms with Crippen LogP contribution < -0.4 is 10.2 Å². The Balaban J connectivity index is 1.68. The van der Waals surface area contributed by atoms with Gasteiger partial charge in [-0.1, -0.05) is 18.2 Å². The lowest BCUT2D eigenvalue weighted by Crippen LogP contribution is -2.48. The van der Waals surface area contributed by atoms with Crippen molar-refractivity contribution in [2.45, 2.75) is 31.5 Å². The molecule has 36 heavy (non-hydrogen) atoms. The lowest BCUT2D eigenvalue weighted by Gasteiger charge is -2.41. The first-order valence-electron chi connectivity index (χ1n) is 11.7. The number of Topliss-reactive ketones (excluding diaryl/α,β-unsaturated/α-hetero) is 1. The number of urea groups is 1. The van der Waals surface area contributed by atoms with E-state index < -0.39 is 23.8 Å². The molecule has 2 aliphatic heterocycles. The molecule has 0 spiro atoms. The fourth-order valence-electron chi connectivity index (χ4n) is 5.24. The van der Waals surface area contributed by atoms with Gasteiger partial charge in [-0.25, -0.2) is 4.79 Å². The number of halogens is 3. The average molecular weight is 493 g/mol. The van der Waals surface area contributed by atoms with Gasteiger partial charge in [-0.3, -0.25) is 9.69 Å². The summed E-state index contributed by atoms with van der Waals surface area (Å²) >= 11 is 0. The molecule has 1 aliphatic carbocycles. The van der Waals surface area contributed by atoms with E-state index in [1.165, 1.54) is 21.9 Å². The van der Waals surface area contributed by atoms with Gasteiger partial charge < -0.3 is 10.2 Å². The van der Waals surface area contributed by atoms with Crippen LogP contribution in [0.4, 0.5) is 23.7 Å². The number of hydrogen-bond acceptors (Lipinski definition) is 4. The van der Waals surface area contributed by atoms with E-state index in [0.717, 1.165) is 41.8 Å². The summed E-state index contributed by atoms with van der Waals surface area (Å²) in [7, 11) is 1.56. The van der Waals surface area contributed by atoms with E-state index >= 15 is 0 Å². The number of carbonyl (C=O) groups is 2. The minimum atomic E-state index is -4.56. The number of allylic oxidation sites excluding steroid dienone is 1. The van der Waals surface area contributed by atoms with Gasteiger partial charge in [-0.15, -0.1) is 0 Å². The van der Waals surface area contributed by atoms with E-state index in [-0.39, 0.29) is 24.3 Å². The van der Waals surface area contributed by atoms with Crippen molar-refractivity contribution in [3.8, 4) is 6.07 Å². The van der Waals surface area contributed by atoms with Crippen molar-refractivity contribution in [2.75, 3.05) is 25.0 Å². The maximum absolute atomic E-state index is 13.7. The van der Waals surface area contributed by atoms with Crippen LogP contribution in [0.2, 0.25) is 0 Å². The van der Waals surface area contributed by atoms with Gasteiger partial charge in [0.2, 0.25) is 0 Å². The average Bonchev–Trinajstić information content (AvgIpc) is 3.25. The highest BCUT2D eigenvalue weighted by Crippen LogP contribution is 2.46. The zero-order chi connectivity index (χ0) is 25.6. The Morgan fingerprint density at radius 1 is 1.08 bits per heavy atom. The Hall–Kier alpha value is -3.90. The van der Waals surface area contributed by atoms with Crippen molar-refractivity contribution < 1.29 is 22.8 Å². The predicted molar refractivity (Wildman–Crippen MR) is 128 cm³/mol. The van der Waals surface area contributed by atoms with Crippen molar-refractivity contribution in [3.63, 3.8) is 0 Å². The lowest BCUT2D eigenvalue weighted by molar-refractivity contribution is -0.137. The maximum atomic E-state index is 13.7. The summed E-state index contributed by atoms with van der Waals surface area (Å²) in [6.07, 6.45) is -1.36. The number of ketones is 1. The van der Waals surface area contributed by atoms with Crippen molar-refractivity contribution in [1.82, 2.24) is 10.2 Å². The zero-order valence-electron chi connectivity index (χ0n) is 19.5. The zero-order valence-corrected chi connectivity index (χ0v) is 19.5. The summed E-state index contributed by atoms with van der Waals surface area (Å²) in [5.41, 5.74) is 3.07. The highest BCUT2D eigenvalue weighted by molar-refractivity contribution is 6.08. The first-order chi connectivity index (χ1) is 17.2. The fraction of sp³-hybridized carbons (Fsp3) is 0.296. The number of amides is 2. The molecule has 1 N–H and O–H groups in total. The number of alkyl halides is 3. The second kappa shape index (κ2) is 8.95. The summed E-state index contributed by atoms with van der Waals surface area (Å²) in [5.74, 6) is -0.138. The molecule has 2 amide bonds.